The molecule has 16 heavy (non-hydrogen) atoms. The Morgan fingerprint density at radius 2 is 1.69 bits per heavy atom. The quantitative estimate of drug-likeness (QED) is 0.337. The summed E-state index contributed by atoms with van der Waals surface area (Å²) in [7, 11) is 0. The third-order valence-electron chi connectivity index (χ3n) is 3.29. The lowest BCUT2D eigenvalue weighted by atomic mass is 9.78. The van der Waals surface area contributed by atoms with Gasteiger partial charge in [0.05, 0.1) is 0 Å². The van der Waals surface area contributed by atoms with Crippen LogP contribution in [-0.2, 0) is 0 Å². The molecule has 0 aromatic heterocycles. The van der Waals surface area contributed by atoms with Crippen molar-refractivity contribution in [2.75, 3.05) is 0 Å². The Labute approximate surface area is 103 Å². The minimum atomic E-state index is 0.530. The Balaban J connectivity index is 4.09. The van der Waals surface area contributed by atoms with E-state index in [4.69, 9.17) is 0 Å². The lowest BCUT2D eigenvalue weighted by molar-refractivity contribution is 0.262. The van der Waals surface area contributed by atoms with Crippen LogP contribution in [0.15, 0.2) is 24.3 Å². The molecule has 94 valence electrons. The molecular formula is C16H30. The van der Waals surface area contributed by atoms with Gasteiger partial charge in [0.2, 0.25) is 0 Å². The zero-order valence-electron chi connectivity index (χ0n) is 11.8. The Hall–Kier alpha value is -0.520. The number of hydrogen-bond acceptors (Lipinski definition) is 0. The average molecular weight is 222 g/mol. The van der Waals surface area contributed by atoms with Crippen molar-refractivity contribution in [2.24, 2.45) is 5.41 Å². The Bertz CT molecular complexity index is 200. The van der Waals surface area contributed by atoms with Gasteiger partial charge in [0.25, 0.3) is 0 Å². The molecule has 0 amide bonds. The van der Waals surface area contributed by atoms with Crippen LogP contribution in [0.2, 0.25) is 0 Å². The summed E-state index contributed by atoms with van der Waals surface area (Å²) in [6, 6.07) is 0. The molecule has 0 heterocycles. The molecule has 0 radical (unpaired) electrons. The van der Waals surface area contributed by atoms with Crippen LogP contribution in [0.4, 0.5) is 0 Å². The summed E-state index contributed by atoms with van der Waals surface area (Å²) in [5.74, 6) is 0. The average Bonchev–Trinajstić information content (AvgIpc) is 2.25. The summed E-state index contributed by atoms with van der Waals surface area (Å²) >= 11 is 0. The zero-order chi connectivity index (χ0) is 12.3. The van der Waals surface area contributed by atoms with Gasteiger partial charge in [-0.15, -0.1) is 0 Å². The predicted molar refractivity (Wildman–Crippen MR) is 75.7 cm³/mol. The molecule has 0 nitrogen and oxygen atoms in total. The van der Waals surface area contributed by atoms with E-state index in [1.807, 2.05) is 0 Å². The second-order valence-electron chi connectivity index (χ2n) is 5.18. The van der Waals surface area contributed by atoms with Gasteiger partial charge >= 0.3 is 0 Å². The molecule has 0 bridgehead atoms. The van der Waals surface area contributed by atoms with E-state index in [9.17, 15) is 0 Å². The fourth-order valence-corrected chi connectivity index (χ4v) is 2.28. The Morgan fingerprint density at radius 3 is 2.25 bits per heavy atom. The zero-order valence-corrected chi connectivity index (χ0v) is 11.8. The SMILES string of the molecule is CC=CC=CCC(C)(CCC)CCCCC. The third-order valence-corrected chi connectivity index (χ3v) is 3.29. The first-order valence-corrected chi connectivity index (χ1v) is 6.96. The summed E-state index contributed by atoms with van der Waals surface area (Å²) in [5, 5.41) is 0. The van der Waals surface area contributed by atoms with Crippen molar-refractivity contribution >= 4 is 0 Å². The molecule has 1 unspecified atom stereocenters. The summed E-state index contributed by atoms with van der Waals surface area (Å²) in [5.41, 5.74) is 0.530. The van der Waals surface area contributed by atoms with E-state index in [1.54, 1.807) is 0 Å². The van der Waals surface area contributed by atoms with E-state index in [0.29, 0.717) is 5.41 Å². The summed E-state index contributed by atoms with van der Waals surface area (Å²) in [4.78, 5) is 0. The molecule has 0 rings (SSSR count). The van der Waals surface area contributed by atoms with Crippen LogP contribution in [0.3, 0.4) is 0 Å². The lowest BCUT2D eigenvalue weighted by Gasteiger charge is -2.28. The summed E-state index contributed by atoms with van der Waals surface area (Å²) in [6.07, 6.45) is 18.1. The summed E-state index contributed by atoms with van der Waals surface area (Å²) < 4.78 is 0. The fraction of sp³-hybridized carbons (Fsp3) is 0.750. The van der Waals surface area contributed by atoms with E-state index >= 15 is 0 Å². The molecule has 0 N–H and O–H groups in total. The Morgan fingerprint density at radius 1 is 0.938 bits per heavy atom. The van der Waals surface area contributed by atoms with Crippen molar-refractivity contribution in [2.45, 2.75) is 72.6 Å². The van der Waals surface area contributed by atoms with Gasteiger partial charge < -0.3 is 0 Å². The second kappa shape index (κ2) is 9.69. The molecule has 0 aromatic rings. The van der Waals surface area contributed by atoms with Crippen LogP contribution in [0, 0.1) is 5.41 Å². The third kappa shape index (κ3) is 7.73. The molecule has 0 spiro atoms. The van der Waals surface area contributed by atoms with Crippen LogP contribution in [-0.4, -0.2) is 0 Å². The summed E-state index contributed by atoms with van der Waals surface area (Å²) in [6.45, 7) is 9.10. The molecule has 0 saturated carbocycles. The van der Waals surface area contributed by atoms with Gasteiger partial charge in [0.1, 0.15) is 0 Å². The first kappa shape index (κ1) is 15.5. The van der Waals surface area contributed by atoms with Gasteiger partial charge in [-0.3, -0.25) is 0 Å². The second-order valence-corrected chi connectivity index (χ2v) is 5.18. The highest BCUT2D eigenvalue weighted by Crippen LogP contribution is 2.34. The normalized spacial score (nSPS) is 16.0. The predicted octanol–water partition coefficient (Wildman–Crippen LogP) is 5.90. The minimum absolute atomic E-state index is 0.530. The lowest BCUT2D eigenvalue weighted by Crippen LogP contribution is -2.15. The van der Waals surface area contributed by atoms with Crippen molar-refractivity contribution in [3.8, 4) is 0 Å². The molecular weight excluding hydrogens is 192 g/mol. The van der Waals surface area contributed by atoms with Crippen molar-refractivity contribution < 1.29 is 0 Å². The van der Waals surface area contributed by atoms with Gasteiger partial charge in [0, 0.05) is 0 Å². The van der Waals surface area contributed by atoms with E-state index < -0.39 is 0 Å². The van der Waals surface area contributed by atoms with Crippen molar-refractivity contribution in [3.63, 3.8) is 0 Å². The molecule has 0 saturated heterocycles. The topological polar surface area (TPSA) is 0 Å². The first-order chi connectivity index (χ1) is 7.68. The van der Waals surface area contributed by atoms with Gasteiger partial charge in [-0.25, -0.2) is 0 Å². The number of rotatable bonds is 9. The maximum Gasteiger partial charge on any atom is -0.0291 e. The number of unbranched alkanes of at least 4 members (excludes halogenated alkanes) is 2. The highest BCUT2D eigenvalue weighted by molar-refractivity contribution is 5.02. The van der Waals surface area contributed by atoms with Crippen LogP contribution >= 0.6 is 0 Å². The maximum atomic E-state index is 2.45. The van der Waals surface area contributed by atoms with E-state index in [0.717, 1.165) is 0 Å². The van der Waals surface area contributed by atoms with Crippen molar-refractivity contribution in [1.82, 2.24) is 0 Å². The van der Waals surface area contributed by atoms with Crippen LogP contribution in [0.5, 0.6) is 0 Å². The van der Waals surface area contributed by atoms with Crippen molar-refractivity contribution in [3.05, 3.63) is 24.3 Å². The highest BCUT2D eigenvalue weighted by Gasteiger charge is 2.20. The minimum Gasteiger partial charge on any atom is -0.0877 e. The number of allylic oxidation sites excluding steroid dienone is 4. The largest absolute Gasteiger partial charge is 0.0877 e. The van der Waals surface area contributed by atoms with Gasteiger partial charge in [0.15, 0.2) is 0 Å². The molecule has 1 atom stereocenters. The highest BCUT2D eigenvalue weighted by atomic mass is 14.3. The van der Waals surface area contributed by atoms with Crippen LogP contribution < -0.4 is 0 Å². The van der Waals surface area contributed by atoms with E-state index in [1.165, 1.54) is 44.9 Å². The Kier molecular flexibility index (Phi) is 9.37. The van der Waals surface area contributed by atoms with E-state index in [2.05, 4.69) is 52.0 Å². The van der Waals surface area contributed by atoms with Crippen molar-refractivity contribution in [1.29, 1.82) is 0 Å². The molecule has 0 aliphatic rings. The van der Waals surface area contributed by atoms with Gasteiger partial charge in [-0.1, -0.05) is 70.8 Å². The first-order valence-electron chi connectivity index (χ1n) is 6.96. The number of hydrogen-bond donors (Lipinski definition) is 0. The molecule has 0 aromatic carbocycles. The molecule has 0 aliphatic heterocycles. The monoisotopic (exact) mass is 222 g/mol. The van der Waals surface area contributed by atoms with E-state index in [-0.39, 0.29) is 0 Å². The maximum absolute atomic E-state index is 2.45. The molecule has 0 heteroatoms. The smallest absolute Gasteiger partial charge is 0.0291 e. The standard InChI is InChI=1S/C16H30/c1-5-8-10-12-15-16(4,13-7-3)14-11-9-6-2/h5,8,10,12H,6-7,9,11,13-15H2,1-4H3. The van der Waals surface area contributed by atoms with Gasteiger partial charge in [-0.05, 0) is 31.6 Å². The molecule has 0 fully saturated rings. The van der Waals surface area contributed by atoms with Gasteiger partial charge in [-0.2, -0.15) is 0 Å². The molecule has 0 aliphatic carbocycles. The fourth-order valence-electron chi connectivity index (χ4n) is 2.28. The van der Waals surface area contributed by atoms with Crippen LogP contribution in [0.1, 0.15) is 72.6 Å². The van der Waals surface area contributed by atoms with Crippen LogP contribution in [0.25, 0.3) is 0 Å².